The summed E-state index contributed by atoms with van der Waals surface area (Å²) in [6.45, 7) is 12.3. The second kappa shape index (κ2) is 7.81. The molecule has 0 amide bonds. The summed E-state index contributed by atoms with van der Waals surface area (Å²) in [5.74, 6) is 1.01. The normalized spacial score (nSPS) is 13.7. The van der Waals surface area contributed by atoms with Crippen LogP contribution in [0.25, 0.3) is 22.5 Å². The van der Waals surface area contributed by atoms with E-state index < -0.39 is 5.54 Å². The van der Waals surface area contributed by atoms with E-state index in [0.29, 0.717) is 6.54 Å². The quantitative estimate of drug-likeness (QED) is 0.577. The number of halogens is 1. The minimum absolute atomic E-state index is 0.505. The minimum atomic E-state index is -0.505. The van der Waals surface area contributed by atoms with Crippen LogP contribution in [0.1, 0.15) is 25.2 Å². The first kappa shape index (κ1) is 20.5. The van der Waals surface area contributed by atoms with E-state index in [1.165, 1.54) is 5.56 Å². The fourth-order valence-corrected chi connectivity index (χ4v) is 4.21. The van der Waals surface area contributed by atoms with Gasteiger partial charge in [-0.15, -0.1) is 5.73 Å². The second-order valence-electron chi connectivity index (χ2n) is 8.42. The van der Waals surface area contributed by atoms with E-state index in [1.54, 1.807) is 0 Å². The molecule has 1 aromatic heterocycles. The van der Waals surface area contributed by atoms with Gasteiger partial charge in [0.05, 0.1) is 29.2 Å². The summed E-state index contributed by atoms with van der Waals surface area (Å²) in [7, 11) is 0. The summed E-state index contributed by atoms with van der Waals surface area (Å²) in [5.41, 5.74) is 15.4. The molecule has 0 unspecified atom stereocenters. The maximum Gasteiger partial charge on any atom is 0.129 e. The summed E-state index contributed by atoms with van der Waals surface area (Å²) in [6, 6.07) is 16.5. The van der Waals surface area contributed by atoms with Gasteiger partial charge in [-0.2, -0.15) is 0 Å². The van der Waals surface area contributed by atoms with Crippen molar-refractivity contribution in [3.63, 3.8) is 0 Å². The van der Waals surface area contributed by atoms with Crippen LogP contribution in [0.4, 0.5) is 0 Å². The summed E-state index contributed by atoms with van der Waals surface area (Å²) in [4.78, 5) is 7.31. The van der Waals surface area contributed by atoms with Crippen molar-refractivity contribution in [1.29, 1.82) is 0 Å². The number of hydrogen-bond donors (Lipinski definition) is 1. The van der Waals surface area contributed by atoms with E-state index >= 15 is 0 Å². The Hall–Kier alpha value is -2.78. The zero-order chi connectivity index (χ0) is 21.5. The van der Waals surface area contributed by atoms with Crippen LogP contribution in [-0.4, -0.2) is 26.5 Å². The summed E-state index contributed by atoms with van der Waals surface area (Å²) in [5, 5.41) is 0.719. The Balaban J connectivity index is 1.83. The molecule has 3 aromatic rings. The molecule has 0 radical (unpaired) electrons. The van der Waals surface area contributed by atoms with Crippen LogP contribution >= 0.6 is 11.6 Å². The van der Waals surface area contributed by atoms with Crippen molar-refractivity contribution in [2.45, 2.75) is 39.4 Å². The van der Waals surface area contributed by atoms with Gasteiger partial charge in [-0.3, -0.25) is 0 Å². The lowest BCUT2D eigenvalue weighted by Gasteiger charge is -2.36. The first-order valence-corrected chi connectivity index (χ1v) is 10.5. The topological polar surface area (TPSA) is 47.1 Å². The van der Waals surface area contributed by atoms with Crippen LogP contribution in [0.15, 0.2) is 66.5 Å². The average Bonchev–Trinajstić information content (AvgIpc) is 3.07. The standard InChI is InChI=1S/C25H27ClN4/c1-5-21(25(3,4)27)29-14-15-30-22(16-29)28-23(18-10-12-20(26)13-11-18)24(30)19-8-6-17(2)7-9-19/h6-13H,1,14-16,27H2,2-4H3. The van der Waals surface area contributed by atoms with E-state index in [0.717, 1.165) is 52.1 Å². The van der Waals surface area contributed by atoms with Gasteiger partial charge in [0.2, 0.25) is 0 Å². The third kappa shape index (κ3) is 3.82. The van der Waals surface area contributed by atoms with Gasteiger partial charge in [0.15, 0.2) is 0 Å². The molecule has 0 saturated carbocycles. The van der Waals surface area contributed by atoms with E-state index in [1.807, 2.05) is 38.1 Å². The third-order valence-corrected chi connectivity index (χ3v) is 5.76. The molecule has 2 N–H and O–H groups in total. The SMILES string of the molecule is C=C=C(N1CCn2c(nc(-c3ccc(Cl)cc3)c2-c2ccc(C)cc2)C1)C(C)(C)N. The Morgan fingerprint density at radius 1 is 1.07 bits per heavy atom. The summed E-state index contributed by atoms with van der Waals surface area (Å²) < 4.78 is 2.33. The number of benzene rings is 2. The van der Waals surface area contributed by atoms with Gasteiger partial charge in [-0.1, -0.05) is 60.1 Å². The molecule has 0 spiro atoms. The van der Waals surface area contributed by atoms with Crippen LogP contribution in [0.3, 0.4) is 0 Å². The zero-order valence-corrected chi connectivity index (χ0v) is 18.5. The number of nitrogens with zero attached hydrogens (tertiary/aromatic N) is 3. The fourth-order valence-electron chi connectivity index (χ4n) is 4.08. The maximum absolute atomic E-state index is 6.37. The molecular weight excluding hydrogens is 392 g/mol. The fraction of sp³-hybridized carbons (Fsp3) is 0.280. The lowest BCUT2D eigenvalue weighted by molar-refractivity contribution is 0.242. The van der Waals surface area contributed by atoms with Crippen LogP contribution in [0, 0.1) is 6.92 Å². The van der Waals surface area contributed by atoms with Gasteiger partial charge in [0, 0.05) is 29.2 Å². The first-order chi connectivity index (χ1) is 14.3. The molecule has 5 heteroatoms. The molecule has 2 heterocycles. The van der Waals surface area contributed by atoms with Crippen LogP contribution in [-0.2, 0) is 13.1 Å². The molecule has 154 valence electrons. The van der Waals surface area contributed by atoms with Crippen LogP contribution in [0.5, 0.6) is 0 Å². The number of aryl methyl sites for hydroxylation is 1. The largest absolute Gasteiger partial charge is 0.358 e. The first-order valence-electron chi connectivity index (χ1n) is 10.1. The highest BCUT2D eigenvalue weighted by atomic mass is 35.5. The van der Waals surface area contributed by atoms with Crippen molar-refractivity contribution >= 4 is 11.6 Å². The minimum Gasteiger partial charge on any atom is -0.358 e. The maximum atomic E-state index is 6.37. The van der Waals surface area contributed by atoms with Gasteiger partial charge in [-0.05, 0) is 32.9 Å². The predicted octanol–water partition coefficient (Wildman–Crippen LogP) is 5.40. The molecule has 0 fully saturated rings. The average molecular weight is 419 g/mol. The Kier molecular flexibility index (Phi) is 5.33. The van der Waals surface area contributed by atoms with E-state index in [-0.39, 0.29) is 0 Å². The predicted molar refractivity (Wildman–Crippen MR) is 124 cm³/mol. The molecule has 0 aliphatic carbocycles. The van der Waals surface area contributed by atoms with Crippen LogP contribution in [0.2, 0.25) is 5.02 Å². The van der Waals surface area contributed by atoms with Gasteiger partial charge < -0.3 is 15.2 Å². The van der Waals surface area contributed by atoms with Gasteiger partial charge in [-0.25, -0.2) is 4.98 Å². The lowest BCUT2D eigenvalue weighted by Crippen LogP contribution is -2.45. The molecule has 1 aliphatic rings. The summed E-state index contributed by atoms with van der Waals surface area (Å²) in [6.07, 6.45) is 0. The molecule has 2 aromatic carbocycles. The number of aromatic nitrogens is 2. The molecule has 0 atom stereocenters. The zero-order valence-electron chi connectivity index (χ0n) is 17.7. The smallest absolute Gasteiger partial charge is 0.129 e. The van der Waals surface area contributed by atoms with E-state index in [4.69, 9.17) is 22.3 Å². The van der Waals surface area contributed by atoms with Gasteiger partial charge in [0.25, 0.3) is 0 Å². The van der Waals surface area contributed by atoms with Crippen molar-refractivity contribution < 1.29 is 0 Å². The lowest BCUT2D eigenvalue weighted by atomic mass is 10.0. The molecule has 0 saturated heterocycles. The van der Waals surface area contributed by atoms with Crippen LogP contribution < -0.4 is 5.73 Å². The van der Waals surface area contributed by atoms with Crippen molar-refractivity contribution in [2.75, 3.05) is 6.54 Å². The Morgan fingerprint density at radius 2 is 1.70 bits per heavy atom. The number of imidazole rings is 1. The Labute approximate surface area is 183 Å². The number of hydrogen-bond acceptors (Lipinski definition) is 3. The van der Waals surface area contributed by atoms with Crippen molar-refractivity contribution in [2.24, 2.45) is 5.73 Å². The molecule has 4 rings (SSSR count). The van der Waals surface area contributed by atoms with Gasteiger partial charge in [0.1, 0.15) is 5.82 Å². The molecule has 0 bridgehead atoms. The van der Waals surface area contributed by atoms with Crippen molar-refractivity contribution in [3.8, 4) is 22.5 Å². The third-order valence-electron chi connectivity index (χ3n) is 5.51. The van der Waals surface area contributed by atoms with Gasteiger partial charge >= 0.3 is 0 Å². The highest BCUT2D eigenvalue weighted by Gasteiger charge is 2.30. The summed E-state index contributed by atoms with van der Waals surface area (Å²) >= 11 is 6.13. The molecular formula is C25H27ClN4. The Morgan fingerprint density at radius 3 is 2.30 bits per heavy atom. The highest BCUT2D eigenvalue weighted by Crippen LogP contribution is 2.36. The molecule has 30 heavy (non-hydrogen) atoms. The number of rotatable bonds is 4. The van der Waals surface area contributed by atoms with E-state index in [2.05, 4.69) is 53.0 Å². The molecule has 4 nitrogen and oxygen atoms in total. The molecule has 1 aliphatic heterocycles. The number of nitrogens with two attached hydrogens (primary N) is 1. The van der Waals surface area contributed by atoms with E-state index in [9.17, 15) is 0 Å². The number of fused-ring (bicyclic) bond motifs is 1. The highest BCUT2D eigenvalue weighted by molar-refractivity contribution is 6.30. The van der Waals surface area contributed by atoms with Crippen molar-refractivity contribution in [1.82, 2.24) is 14.5 Å². The van der Waals surface area contributed by atoms with Crippen molar-refractivity contribution in [3.05, 3.63) is 82.9 Å². The monoisotopic (exact) mass is 418 g/mol. The Bertz CT molecular complexity index is 1110. The second-order valence-corrected chi connectivity index (χ2v) is 8.85.